The molecule has 0 saturated heterocycles. The molecule has 2 aromatic rings. The molecular weight excluding hydrogens is 279 g/mol. The van der Waals surface area contributed by atoms with Gasteiger partial charge in [-0.1, -0.05) is 52.3 Å². The number of fused-ring (bicyclic) bond motifs is 3. The SMILES string of the molecule is Brc1cccc2c1Cc1ccccc1-2.O[B]O. The van der Waals surface area contributed by atoms with Crippen molar-refractivity contribution < 1.29 is 10.0 Å². The Hall–Kier alpha value is -1.10. The zero-order chi connectivity index (χ0) is 12.3. The summed E-state index contributed by atoms with van der Waals surface area (Å²) in [5, 5.41) is 14.0. The summed E-state index contributed by atoms with van der Waals surface area (Å²) in [6.07, 6.45) is 1.06. The van der Waals surface area contributed by atoms with Gasteiger partial charge in [-0.25, -0.2) is 0 Å². The Bertz CT molecular complexity index is 529. The van der Waals surface area contributed by atoms with Crippen molar-refractivity contribution in [3.8, 4) is 11.1 Å². The molecule has 0 saturated carbocycles. The Balaban J connectivity index is 0.000000329. The van der Waals surface area contributed by atoms with E-state index in [1.54, 1.807) is 0 Å². The lowest BCUT2D eigenvalue weighted by molar-refractivity contribution is 0.448. The molecule has 17 heavy (non-hydrogen) atoms. The zero-order valence-electron chi connectivity index (χ0n) is 9.10. The lowest BCUT2D eigenvalue weighted by Crippen LogP contribution is -1.80. The summed E-state index contributed by atoms with van der Waals surface area (Å²) in [5.41, 5.74) is 5.64. The molecule has 0 bridgehead atoms. The second kappa shape index (κ2) is 5.49. The van der Waals surface area contributed by atoms with Gasteiger partial charge in [0.25, 0.3) is 0 Å². The number of rotatable bonds is 0. The van der Waals surface area contributed by atoms with Crippen LogP contribution in [0.3, 0.4) is 0 Å². The first-order valence-corrected chi connectivity index (χ1v) is 6.03. The van der Waals surface area contributed by atoms with Crippen molar-refractivity contribution in [1.29, 1.82) is 0 Å². The van der Waals surface area contributed by atoms with Crippen molar-refractivity contribution in [2.75, 3.05) is 0 Å². The van der Waals surface area contributed by atoms with Crippen LogP contribution in [-0.2, 0) is 6.42 Å². The molecule has 4 heteroatoms. The van der Waals surface area contributed by atoms with E-state index in [4.69, 9.17) is 10.0 Å². The normalized spacial score (nSPS) is 11.0. The molecule has 0 heterocycles. The Morgan fingerprint density at radius 1 is 0.941 bits per heavy atom. The molecule has 0 spiro atoms. The maximum Gasteiger partial charge on any atom is 0.482 e. The summed E-state index contributed by atoms with van der Waals surface area (Å²) in [7, 11) is 0. The third kappa shape index (κ3) is 2.44. The Kier molecular flexibility index (Phi) is 4.00. The fourth-order valence-electron chi connectivity index (χ4n) is 2.12. The van der Waals surface area contributed by atoms with Gasteiger partial charge < -0.3 is 10.0 Å². The van der Waals surface area contributed by atoms with Crippen LogP contribution in [0.4, 0.5) is 0 Å². The van der Waals surface area contributed by atoms with Crippen LogP contribution in [0.1, 0.15) is 11.1 Å². The predicted octanol–water partition coefficient (Wildman–Crippen LogP) is 2.53. The summed E-state index contributed by atoms with van der Waals surface area (Å²) in [4.78, 5) is 0. The zero-order valence-corrected chi connectivity index (χ0v) is 10.7. The van der Waals surface area contributed by atoms with Crippen molar-refractivity contribution in [3.63, 3.8) is 0 Å². The third-order valence-electron chi connectivity index (χ3n) is 2.79. The van der Waals surface area contributed by atoms with Gasteiger partial charge >= 0.3 is 7.69 Å². The number of benzene rings is 2. The van der Waals surface area contributed by atoms with E-state index in [9.17, 15) is 0 Å². The Labute approximate surface area is 109 Å². The highest BCUT2D eigenvalue weighted by Crippen LogP contribution is 2.39. The van der Waals surface area contributed by atoms with Gasteiger partial charge in [-0.3, -0.25) is 0 Å². The highest BCUT2D eigenvalue weighted by molar-refractivity contribution is 9.10. The van der Waals surface area contributed by atoms with E-state index < -0.39 is 0 Å². The molecule has 0 atom stereocenters. The average Bonchev–Trinajstić information content (AvgIpc) is 2.71. The van der Waals surface area contributed by atoms with Crippen molar-refractivity contribution in [2.45, 2.75) is 6.42 Å². The molecule has 0 aliphatic heterocycles. The van der Waals surface area contributed by atoms with Crippen LogP contribution >= 0.6 is 15.9 Å². The lowest BCUT2D eigenvalue weighted by atomic mass is 10.1. The standard InChI is InChI=1S/C13H9Br.BH2O2/c14-13-7-3-6-11-10-5-2-1-4-9(10)8-12(11)13;2-1-3/h1-7H,8H2;2-3H. The summed E-state index contributed by atoms with van der Waals surface area (Å²) >= 11 is 3.61. The first-order valence-electron chi connectivity index (χ1n) is 5.23. The van der Waals surface area contributed by atoms with E-state index >= 15 is 0 Å². The molecule has 0 unspecified atom stereocenters. The lowest BCUT2D eigenvalue weighted by Gasteiger charge is -2.01. The average molecular weight is 290 g/mol. The molecule has 1 aliphatic rings. The van der Waals surface area contributed by atoms with Crippen molar-refractivity contribution in [3.05, 3.63) is 58.1 Å². The first-order chi connectivity index (χ1) is 8.27. The maximum atomic E-state index is 7.00. The highest BCUT2D eigenvalue weighted by atomic mass is 79.9. The van der Waals surface area contributed by atoms with E-state index in [0.717, 1.165) is 6.42 Å². The van der Waals surface area contributed by atoms with Crippen LogP contribution in [-0.4, -0.2) is 17.7 Å². The van der Waals surface area contributed by atoms with E-state index in [-0.39, 0.29) is 7.69 Å². The molecule has 2 nitrogen and oxygen atoms in total. The van der Waals surface area contributed by atoms with Crippen LogP contribution in [0, 0.1) is 0 Å². The molecule has 2 N–H and O–H groups in total. The van der Waals surface area contributed by atoms with Crippen LogP contribution < -0.4 is 0 Å². The minimum Gasteiger partial charge on any atom is -0.429 e. The largest absolute Gasteiger partial charge is 0.482 e. The molecule has 2 aromatic carbocycles. The van der Waals surface area contributed by atoms with Gasteiger partial charge in [-0.05, 0) is 34.7 Å². The maximum absolute atomic E-state index is 7.00. The van der Waals surface area contributed by atoms with Crippen molar-refractivity contribution in [2.24, 2.45) is 0 Å². The summed E-state index contributed by atoms with van der Waals surface area (Å²) in [6.45, 7) is 0. The van der Waals surface area contributed by atoms with Crippen molar-refractivity contribution >= 4 is 23.6 Å². The number of halogens is 1. The van der Waals surface area contributed by atoms with Gasteiger partial charge in [0.2, 0.25) is 0 Å². The molecule has 0 fully saturated rings. The van der Waals surface area contributed by atoms with E-state index in [2.05, 4.69) is 58.4 Å². The second-order valence-electron chi connectivity index (χ2n) is 3.72. The third-order valence-corrected chi connectivity index (χ3v) is 3.54. The minimum atomic E-state index is 0. The van der Waals surface area contributed by atoms with Crippen LogP contribution in [0.5, 0.6) is 0 Å². The van der Waals surface area contributed by atoms with Crippen molar-refractivity contribution in [1.82, 2.24) is 0 Å². The monoisotopic (exact) mass is 289 g/mol. The second-order valence-corrected chi connectivity index (χ2v) is 4.57. The summed E-state index contributed by atoms with van der Waals surface area (Å²) in [6, 6.07) is 15.0. The predicted molar refractivity (Wildman–Crippen MR) is 72.6 cm³/mol. The molecule has 0 amide bonds. The fraction of sp³-hybridized carbons (Fsp3) is 0.0769. The topological polar surface area (TPSA) is 40.5 Å². The molecular formula is C13H11BBrO2. The van der Waals surface area contributed by atoms with Crippen LogP contribution in [0.25, 0.3) is 11.1 Å². The van der Waals surface area contributed by atoms with Gasteiger partial charge in [0, 0.05) is 4.47 Å². The van der Waals surface area contributed by atoms with Gasteiger partial charge in [-0.15, -0.1) is 0 Å². The molecule has 1 aliphatic carbocycles. The molecule has 1 radical (unpaired) electrons. The smallest absolute Gasteiger partial charge is 0.429 e. The molecule has 3 rings (SSSR count). The number of hydrogen-bond acceptors (Lipinski definition) is 2. The van der Waals surface area contributed by atoms with Gasteiger partial charge in [0.1, 0.15) is 0 Å². The number of hydrogen-bond donors (Lipinski definition) is 2. The van der Waals surface area contributed by atoms with E-state index in [1.165, 1.54) is 26.7 Å². The van der Waals surface area contributed by atoms with E-state index in [1.807, 2.05) is 0 Å². The van der Waals surface area contributed by atoms with Crippen LogP contribution in [0.15, 0.2) is 46.9 Å². The minimum absolute atomic E-state index is 0. The summed E-state index contributed by atoms with van der Waals surface area (Å²) < 4.78 is 1.23. The van der Waals surface area contributed by atoms with Gasteiger partial charge in [0.05, 0.1) is 0 Å². The Morgan fingerprint density at radius 3 is 2.35 bits per heavy atom. The molecule has 0 aromatic heterocycles. The fourth-order valence-corrected chi connectivity index (χ4v) is 2.62. The van der Waals surface area contributed by atoms with Gasteiger partial charge in [-0.2, -0.15) is 0 Å². The Morgan fingerprint density at radius 2 is 1.59 bits per heavy atom. The van der Waals surface area contributed by atoms with E-state index in [0.29, 0.717) is 0 Å². The van der Waals surface area contributed by atoms with Gasteiger partial charge in [0.15, 0.2) is 0 Å². The van der Waals surface area contributed by atoms with Crippen LogP contribution in [0.2, 0.25) is 0 Å². The first kappa shape index (κ1) is 12.4. The summed E-state index contributed by atoms with van der Waals surface area (Å²) in [5.74, 6) is 0. The highest BCUT2D eigenvalue weighted by Gasteiger charge is 2.18. The molecule has 85 valence electrons. The quantitative estimate of drug-likeness (QED) is 0.625.